The first-order valence-corrected chi connectivity index (χ1v) is 5.51. The van der Waals surface area contributed by atoms with Crippen LogP contribution in [0.1, 0.15) is 11.3 Å². The van der Waals surface area contributed by atoms with Crippen LogP contribution in [-0.4, -0.2) is 12.1 Å². The highest BCUT2D eigenvalue weighted by Gasteiger charge is 2.06. The van der Waals surface area contributed by atoms with Gasteiger partial charge in [0.1, 0.15) is 5.75 Å². The molecule has 0 aliphatic carbocycles. The highest BCUT2D eigenvalue weighted by Crippen LogP contribution is 2.24. The number of nitriles is 1. The first kappa shape index (κ1) is 11.9. The SMILES string of the molecule is COc1cccc(/C(=C/C#N)c2ccccn2)c1. The molecule has 0 N–H and O–H groups in total. The van der Waals surface area contributed by atoms with Crippen LogP contribution in [0, 0.1) is 11.3 Å². The molecule has 18 heavy (non-hydrogen) atoms. The van der Waals surface area contributed by atoms with Gasteiger partial charge >= 0.3 is 0 Å². The molecule has 1 aromatic heterocycles. The van der Waals surface area contributed by atoms with Crippen LogP contribution >= 0.6 is 0 Å². The van der Waals surface area contributed by atoms with Gasteiger partial charge in [0.2, 0.25) is 0 Å². The van der Waals surface area contributed by atoms with Crippen molar-refractivity contribution in [2.45, 2.75) is 0 Å². The molecule has 0 atom stereocenters. The van der Waals surface area contributed by atoms with E-state index in [9.17, 15) is 0 Å². The van der Waals surface area contributed by atoms with Crippen LogP contribution in [-0.2, 0) is 0 Å². The van der Waals surface area contributed by atoms with E-state index in [1.165, 1.54) is 6.08 Å². The molecule has 0 aliphatic heterocycles. The Bertz CT molecular complexity index is 597. The van der Waals surface area contributed by atoms with Gasteiger partial charge in [0.25, 0.3) is 0 Å². The second kappa shape index (κ2) is 5.65. The van der Waals surface area contributed by atoms with Crippen molar-refractivity contribution < 1.29 is 4.74 Å². The summed E-state index contributed by atoms with van der Waals surface area (Å²) in [5.41, 5.74) is 2.47. The molecular weight excluding hydrogens is 224 g/mol. The lowest BCUT2D eigenvalue weighted by Gasteiger charge is -2.07. The minimum atomic E-state index is 0.757. The van der Waals surface area contributed by atoms with E-state index in [-0.39, 0.29) is 0 Å². The summed E-state index contributed by atoms with van der Waals surface area (Å²) in [6, 6.07) is 15.3. The largest absolute Gasteiger partial charge is 0.497 e. The number of hydrogen-bond acceptors (Lipinski definition) is 3. The normalized spacial score (nSPS) is 10.8. The summed E-state index contributed by atoms with van der Waals surface area (Å²) in [5.74, 6) is 0.757. The van der Waals surface area contributed by atoms with E-state index in [1.807, 2.05) is 42.5 Å². The van der Waals surface area contributed by atoms with Crippen LogP contribution in [0.5, 0.6) is 5.75 Å². The fraction of sp³-hybridized carbons (Fsp3) is 0.0667. The Morgan fingerprint density at radius 2 is 2.17 bits per heavy atom. The first-order valence-electron chi connectivity index (χ1n) is 5.51. The van der Waals surface area contributed by atoms with Crippen LogP contribution in [0.4, 0.5) is 0 Å². The Balaban J connectivity index is 2.50. The fourth-order valence-corrected chi connectivity index (χ4v) is 1.68. The molecule has 0 bridgehead atoms. The highest BCUT2D eigenvalue weighted by atomic mass is 16.5. The van der Waals surface area contributed by atoms with Crippen molar-refractivity contribution in [2.24, 2.45) is 0 Å². The molecule has 0 fully saturated rings. The lowest BCUT2D eigenvalue weighted by atomic mass is 10.0. The van der Waals surface area contributed by atoms with Crippen molar-refractivity contribution in [1.29, 1.82) is 5.26 Å². The van der Waals surface area contributed by atoms with Crippen molar-refractivity contribution >= 4 is 5.57 Å². The van der Waals surface area contributed by atoms with E-state index in [2.05, 4.69) is 11.1 Å². The second-order valence-corrected chi connectivity index (χ2v) is 3.63. The number of aromatic nitrogens is 1. The van der Waals surface area contributed by atoms with Crippen molar-refractivity contribution in [3.05, 3.63) is 66.0 Å². The minimum absolute atomic E-state index is 0.757. The van der Waals surface area contributed by atoms with Crippen molar-refractivity contribution in [3.63, 3.8) is 0 Å². The molecule has 3 nitrogen and oxygen atoms in total. The molecule has 0 saturated carbocycles. The molecule has 2 aromatic rings. The number of methoxy groups -OCH3 is 1. The fourth-order valence-electron chi connectivity index (χ4n) is 1.68. The van der Waals surface area contributed by atoms with Crippen LogP contribution in [0.3, 0.4) is 0 Å². The minimum Gasteiger partial charge on any atom is -0.497 e. The van der Waals surface area contributed by atoms with Crippen molar-refractivity contribution in [1.82, 2.24) is 4.98 Å². The maximum absolute atomic E-state index is 8.90. The summed E-state index contributed by atoms with van der Waals surface area (Å²) in [6.45, 7) is 0. The number of ether oxygens (including phenoxy) is 1. The van der Waals surface area contributed by atoms with Gasteiger partial charge in [-0.05, 0) is 29.8 Å². The van der Waals surface area contributed by atoms with E-state index in [4.69, 9.17) is 10.00 Å². The maximum atomic E-state index is 8.90. The summed E-state index contributed by atoms with van der Waals surface area (Å²) < 4.78 is 5.19. The van der Waals surface area contributed by atoms with Gasteiger partial charge in [-0.25, -0.2) is 0 Å². The summed E-state index contributed by atoms with van der Waals surface area (Å²) >= 11 is 0. The van der Waals surface area contributed by atoms with Crippen LogP contribution in [0.25, 0.3) is 5.57 Å². The highest BCUT2D eigenvalue weighted by molar-refractivity contribution is 5.79. The molecule has 0 saturated heterocycles. The van der Waals surface area contributed by atoms with Crippen LogP contribution in [0.15, 0.2) is 54.7 Å². The number of hydrogen-bond donors (Lipinski definition) is 0. The molecule has 88 valence electrons. The third-order valence-electron chi connectivity index (χ3n) is 2.53. The number of pyridine rings is 1. The van der Waals surface area contributed by atoms with Gasteiger partial charge in [0.15, 0.2) is 0 Å². The molecule has 0 spiro atoms. The zero-order valence-electron chi connectivity index (χ0n) is 10.00. The quantitative estimate of drug-likeness (QED) is 0.769. The van der Waals surface area contributed by atoms with Gasteiger partial charge in [-0.15, -0.1) is 0 Å². The number of rotatable bonds is 3. The molecule has 1 heterocycles. The Kier molecular flexibility index (Phi) is 3.72. The molecule has 2 rings (SSSR count). The monoisotopic (exact) mass is 236 g/mol. The smallest absolute Gasteiger partial charge is 0.119 e. The Morgan fingerprint density at radius 3 is 2.83 bits per heavy atom. The molecular formula is C15H12N2O. The van der Waals surface area contributed by atoms with E-state index in [0.29, 0.717) is 0 Å². The molecule has 3 heteroatoms. The first-order chi connectivity index (χ1) is 8.85. The van der Waals surface area contributed by atoms with Gasteiger partial charge in [-0.3, -0.25) is 4.98 Å². The molecule has 0 radical (unpaired) electrons. The van der Waals surface area contributed by atoms with Gasteiger partial charge in [-0.2, -0.15) is 5.26 Å². The van der Waals surface area contributed by atoms with Crippen LogP contribution in [0.2, 0.25) is 0 Å². The zero-order chi connectivity index (χ0) is 12.8. The molecule has 0 unspecified atom stereocenters. The van der Waals surface area contributed by atoms with Crippen molar-refractivity contribution in [3.8, 4) is 11.8 Å². The molecule has 0 amide bonds. The maximum Gasteiger partial charge on any atom is 0.119 e. The summed E-state index contributed by atoms with van der Waals surface area (Å²) in [5, 5.41) is 8.90. The summed E-state index contributed by atoms with van der Waals surface area (Å²) in [7, 11) is 1.62. The van der Waals surface area contributed by atoms with Gasteiger partial charge in [-0.1, -0.05) is 18.2 Å². The lowest BCUT2D eigenvalue weighted by molar-refractivity contribution is 0.414. The van der Waals surface area contributed by atoms with Gasteiger partial charge in [0, 0.05) is 17.8 Å². The Labute approximate surface area is 106 Å². The Morgan fingerprint density at radius 1 is 1.28 bits per heavy atom. The molecule has 0 aliphatic rings. The van der Waals surface area contributed by atoms with E-state index < -0.39 is 0 Å². The molecule has 1 aromatic carbocycles. The third kappa shape index (κ3) is 2.55. The van der Waals surface area contributed by atoms with Gasteiger partial charge in [0.05, 0.1) is 18.9 Å². The standard InChI is InChI=1S/C15H12N2O/c1-18-13-6-4-5-12(11-13)14(8-9-16)15-7-2-3-10-17-15/h2-8,10-11H,1H3/b14-8-. The topological polar surface area (TPSA) is 45.9 Å². The van der Waals surface area contributed by atoms with Crippen LogP contribution < -0.4 is 4.74 Å². The number of allylic oxidation sites excluding steroid dienone is 1. The van der Waals surface area contributed by atoms with Crippen molar-refractivity contribution in [2.75, 3.05) is 7.11 Å². The lowest BCUT2D eigenvalue weighted by Crippen LogP contribution is -1.92. The second-order valence-electron chi connectivity index (χ2n) is 3.63. The predicted molar refractivity (Wildman–Crippen MR) is 69.9 cm³/mol. The summed E-state index contributed by atoms with van der Waals surface area (Å²) in [6.07, 6.45) is 3.21. The van der Waals surface area contributed by atoms with E-state index in [0.717, 1.165) is 22.6 Å². The van der Waals surface area contributed by atoms with E-state index >= 15 is 0 Å². The van der Waals surface area contributed by atoms with E-state index in [1.54, 1.807) is 13.3 Å². The zero-order valence-corrected chi connectivity index (χ0v) is 10.00. The summed E-state index contributed by atoms with van der Waals surface area (Å²) in [4.78, 5) is 4.27. The third-order valence-corrected chi connectivity index (χ3v) is 2.53. The average molecular weight is 236 g/mol. The number of nitrogens with zero attached hydrogens (tertiary/aromatic N) is 2. The average Bonchev–Trinajstić information content (AvgIpc) is 2.46. The van der Waals surface area contributed by atoms with Gasteiger partial charge < -0.3 is 4.74 Å². The number of benzene rings is 1. The Hall–Kier alpha value is -2.60. The predicted octanol–water partition coefficient (Wildman–Crippen LogP) is 3.05.